The van der Waals surface area contributed by atoms with Crippen molar-refractivity contribution < 1.29 is 4.74 Å². The molecule has 1 saturated heterocycles. The van der Waals surface area contributed by atoms with Crippen LogP contribution in [0.25, 0.3) is 11.2 Å². The summed E-state index contributed by atoms with van der Waals surface area (Å²) in [6.07, 6.45) is 4.23. The zero-order valence-corrected chi connectivity index (χ0v) is 12.9. The second kappa shape index (κ2) is 5.74. The van der Waals surface area contributed by atoms with Crippen LogP contribution in [-0.2, 0) is 24.1 Å². The minimum Gasteiger partial charge on any atom is -0.379 e. The molecule has 1 unspecified atom stereocenters. The number of fused-ring (bicyclic) bond motifs is 1. The summed E-state index contributed by atoms with van der Waals surface area (Å²) >= 11 is 6.11. The molecule has 0 bridgehead atoms. The number of aryl methyl sites for hydroxylation is 2. The van der Waals surface area contributed by atoms with Gasteiger partial charge < -0.3 is 9.30 Å². The summed E-state index contributed by atoms with van der Waals surface area (Å²) in [4.78, 5) is 4.74. The van der Waals surface area contributed by atoms with Crippen molar-refractivity contribution in [3.05, 3.63) is 11.5 Å². The second-order valence-electron chi connectivity index (χ2n) is 5.40. The van der Waals surface area contributed by atoms with Crippen LogP contribution in [-0.4, -0.2) is 32.5 Å². The van der Waals surface area contributed by atoms with Crippen LogP contribution in [0, 0.1) is 0 Å². The smallest absolute Gasteiger partial charge is 0.159 e. The zero-order valence-electron chi connectivity index (χ0n) is 12.1. The third-order valence-electron chi connectivity index (χ3n) is 3.92. The van der Waals surface area contributed by atoms with Gasteiger partial charge in [0, 0.05) is 13.7 Å². The standard InChI is InChI=1S/C14H21ClN4O/c1-3-5-11-13-14(18(2)17-11)19(12(8-15)16-13)10-6-4-7-20-9-10/h10H,3-9H2,1-2H3. The molecule has 1 fully saturated rings. The van der Waals surface area contributed by atoms with Crippen LogP contribution in [0.4, 0.5) is 0 Å². The lowest BCUT2D eigenvalue weighted by Gasteiger charge is -2.25. The van der Waals surface area contributed by atoms with E-state index in [0.29, 0.717) is 11.9 Å². The first-order valence-corrected chi connectivity index (χ1v) is 7.86. The molecule has 1 atom stereocenters. The fourth-order valence-electron chi connectivity index (χ4n) is 3.06. The number of hydrogen-bond donors (Lipinski definition) is 0. The highest BCUT2D eigenvalue weighted by Gasteiger charge is 2.25. The maximum absolute atomic E-state index is 6.11. The number of rotatable bonds is 4. The van der Waals surface area contributed by atoms with Gasteiger partial charge in [0.05, 0.1) is 24.2 Å². The molecule has 6 heteroatoms. The number of halogens is 1. The molecule has 3 rings (SSSR count). The Morgan fingerprint density at radius 2 is 2.30 bits per heavy atom. The number of nitrogens with zero attached hydrogens (tertiary/aromatic N) is 4. The first kappa shape index (κ1) is 13.9. The molecule has 1 aliphatic heterocycles. The Hall–Kier alpha value is -1.07. The van der Waals surface area contributed by atoms with E-state index in [1.807, 2.05) is 11.7 Å². The minimum absolute atomic E-state index is 0.326. The van der Waals surface area contributed by atoms with E-state index in [0.717, 1.165) is 61.6 Å². The molecule has 0 N–H and O–H groups in total. The van der Waals surface area contributed by atoms with E-state index in [4.69, 9.17) is 21.3 Å². The van der Waals surface area contributed by atoms with Crippen molar-refractivity contribution in [2.75, 3.05) is 13.2 Å². The summed E-state index contributed by atoms with van der Waals surface area (Å²) in [6.45, 7) is 3.76. The normalized spacial score (nSPS) is 19.9. The summed E-state index contributed by atoms with van der Waals surface area (Å²) in [5.74, 6) is 1.36. The summed E-state index contributed by atoms with van der Waals surface area (Å²) in [5, 5.41) is 4.62. The van der Waals surface area contributed by atoms with Gasteiger partial charge in [-0.25, -0.2) is 4.98 Å². The Bertz CT molecular complexity index is 598. The molecule has 0 radical (unpaired) electrons. The maximum Gasteiger partial charge on any atom is 0.159 e. The molecule has 0 amide bonds. The van der Waals surface area contributed by atoms with Crippen LogP contribution in [0.1, 0.15) is 43.7 Å². The molecule has 0 saturated carbocycles. The van der Waals surface area contributed by atoms with Crippen LogP contribution >= 0.6 is 11.6 Å². The van der Waals surface area contributed by atoms with Crippen molar-refractivity contribution in [2.45, 2.75) is 44.5 Å². The van der Waals surface area contributed by atoms with Gasteiger partial charge in [0.15, 0.2) is 5.65 Å². The van der Waals surface area contributed by atoms with Gasteiger partial charge in [-0.1, -0.05) is 13.3 Å². The van der Waals surface area contributed by atoms with E-state index in [1.54, 1.807) is 0 Å². The summed E-state index contributed by atoms with van der Waals surface area (Å²) in [5.41, 5.74) is 3.17. The highest BCUT2D eigenvalue weighted by molar-refractivity contribution is 6.16. The molecule has 1 aliphatic rings. The maximum atomic E-state index is 6.11. The van der Waals surface area contributed by atoms with Crippen LogP contribution in [0.15, 0.2) is 0 Å². The predicted octanol–water partition coefficient (Wildman–Crippen LogP) is 2.81. The Morgan fingerprint density at radius 1 is 1.45 bits per heavy atom. The van der Waals surface area contributed by atoms with E-state index in [9.17, 15) is 0 Å². The molecule has 110 valence electrons. The first-order chi connectivity index (χ1) is 9.76. The van der Waals surface area contributed by atoms with Crippen molar-refractivity contribution in [3.63, 3.8) is 0 Å². The topological polar surface area (TPSA) is 44.9 Å². The van der Waals surface area contributed by atoms with Gasteiger partial charge in [0.2, 0.25) is 0 Å². The van der Waals surface area contributed by atoms with E-state index in [1.165, 1.54) is 0 Å². The molecule has 2 aromatic rings. The quantitative estimate of drug-likeness (QED) is 0.815. The van der Waals surface area contributed by atoms with Crippen molar-refractivity contribution >= 4 is 22.8 Å². The van der Waals surface area contributed by atoms with Gasteiger partial charge >= 0.3 is 0 Å². The van der Waals surface area contributed by atoms with Gasteiger partial charge in [0.25, 0.3) is 0 Å². The number of hydrogen-bond acceptors (Lipinski definition) is 3. The van der Waals surface area contributed by atoms with E-state index in [-0.39, 0.29) is 0 Å². The Morgan fingerprint density at radius 3 is 2.95 bits per heavy atom. The largest absolute Gasteiger partial charge is 0.379 e. The number of ether oxygens (including phenoxy) is 1. The molecule has 3 heterocycles. The van der Waals surface area contributed by atoms with Crippen molar-refractivity contribution in [1.29, 1.82) is 0 Å². The molecular weight excluding hydrogens is 276 g/mol. The SMILES string of the molecule is CCCc1nn(C)c2c1nc(CCl)n2C1CCCOC1. The van der Waals surface area contributed by atoms with Gasteiger partial charge in [-0.3, -0.25) is 4.68 Å². The third-order valence-corrected chi connectivity index (χ3v) is 4.16. The third kappa shape index (κ3) is 2.23. The number of aromatic nitrogens is 4. The Kier molecular flexibility index (Phi) is 3.98. The lowest BCUT2D eigenvalue weighted by Crippen LogP contribution is -2.23. The highest BCUT2D eigenvalue weighted by Crippen LogP contribution is 2.29. The fraction of sp³-hybridized carbons (Fsp3) is 0.714. The average Bonchev–Trinajstić information content (AvgIpc) is 2.99. The van der Waals surface area contributed by atoms with Crippen molar-refractivity contribution in [1.82, 2.24) is 19.3 Å². The van der Waals surface area contributed by atoms with E-state index in [2.05, 4.69) is 16.6 Å². The summed E-state index contributed by atoms with van der Waals surface area (Å²) in [7, 11) is 1.99. The zero-order chi connectivity index (χ0) is 14.1. The Labute approximate surface area is 123 Å². The number of alkyl halides is 1. The molecule has 0 aliphatic carbocycles. The van der Waals surface area contributed by atoms with Gasteiger partial charge in [-0.2, -0.15) is 5.10 Å². The lowest BCUT2D eigenvalue weighted by molar-refractivity contribution is 0.0594. The lowest BCUT2D eigenvalue weighted by atomic mass is 10.1. The minimum atomic E-state index is 0.326. The van der Waals surface area contributed by atoms with Gasteiger partial charge in [-0.05, 0) is 19.3 Å². The first-order valence-electron chi connectivity index (χ1n) is 7.32. The van der Waals surface area contributed by atoms with Crippen molar-refractivity contribution in [2.24, 2.45) is 7.05 Å². The van der Waals surface area contributed by atoms with E-state index >= 15 is 0 Å². The number of imidazole rings is 1. The summed E-state index contributed by atoms with van der Waals surface area (Å²) < 4.78 is 9.81. The van der Waals surface area contributed by atoms with Crippen LogP contribution in [0.3, 0.4) is 0 Å². The van der Waals surface area contributed by atoms with Gasteiger partial charge in [0.1, 0.15) is 11.3 Å². The molecular formula is C14H21ClN4O. The average molecular weight is 297 g/mol. The monoisotopic (exact) mass is 296 g/mol. The highest BCUT2D eigenvalue weighted by atomic mass is 35.5. The summed E-state index contributed by atoms with van der Waals surface area (Å²) in [6, 6.07) is 0.326. The Balaban J connectivity index is 2.13. The predicted molar refractivity (Wildman–Crippen MR) is 79.1 cm³/mol. The van der Waals surface area contributed by atoms with E-state index < -0.39 is 0 Å². The molecule has 5 nitrogen and oxygen atoms in total. The van der Waals surface area contributed by atoms with Crippen LogP contribution in [0.5, 0.6) is 0 Å². The van der Waals surface area contributed by atoms with Crippen molar-refractivity contribution in [3.8, 4) is 0 Å². The molecule has 0 aromatic carbocycles. The molecule has 2 aromatic heterocycles. The molecule has 20 heavy (non-hydrogen) atoms. The van der Waals surface area contributed by atoms with Gasteiger partial charge in [-0.15, -0.1) is 11.6 Å². The van der Waals surface area contributed by atoms with Crippen LogP contribution in [0.2, 0.25) is 0 Å². The fourth-order valence-corrected chi connectivity index (χ4v) is 3.25. The van der Waals surface area contributed by atoms with Crippen LogP contribution < -0.4 is 0 Å². The molecule has 0 spiro atoms. The second-order valence-corrected chi connectivity index (χ2v) is 5.66.